The maximum Gasteiger partial charge on any atom is 0.228 e. The van der Waals surface area contributed by atoms with Gasteiger partial charge in [-0.15, -0.1) is 0 Å². The molecule has 0 saturated heterocycles. The summed E-state index contributed by atoms with van der Waals surface area (Å²) in [5.41, 5.74) is 2.83. The van der Waals surface area contributed by atoms with Crippen molar-refractivity contribution in [2.45, 2.75) is 39.8 Å². The van der Waals surface area contributed by atoms with Crippen LogP contribution in [0.1, 0.15) is 31.9 Å². The van der Waals surface area contributed by atoms with Gasteiger partial charge >= 0.3 is 0 Å². The van der Waals surface area contributed by atoms with Gasteiger partial charge in [0.15, 0.2) is 0 Å². The van der Waals surface area contributed by atoms with Crippen LogP contribution < -0.4 is 15.4 Å². The number of nitrogens with one attached hydrogen (secondary N) is 2. The molecule has 0 aliphatic rings. The van der Waals surface area contributed by atoms with E-state index in [2.05, 4.69) is 17.6 Å². The van der Waals surface area contributed by atoms with E-state index in [0.717, 1.165) is 35.7 Å². The van der Waals surface area contributed by atoms with Gasteiger partial charge in [-0.1, -0.05) is 43.3 Å². The molecule has 4 heteroatoms. The summed E-state index contributed by atoms with van der Waals surface area (Å²) in [4.78, 5) is 12.5. The Labute approximate surface area is 144 Å². The van der Waals surface area contributed by atoms with Crippen LogP contribution in [-0.4, -0.2) is 18.6 Å². The lowest BCUT2D eigenvalue weighted by atomic mass is 10.1. The number of para-hydroxylation sites is 2. The minimum atomic E-state index is -0.0428. The average Bonchev–Trinajstić information content (AvgIpc) is 2.55. The molecule has 0 atom stereocenters. The zero-order valence-electron chi connectivity index (χ0n) is 14.6. The van der Waals surface area contributed by atoms with Crippen LogP contribution in [-0.2, 0) is 17.8 Å². The van der Waals surface area contributed by atoms with Gasteiger partial charge in [0.25, 0.3) is 0 Å². The van der Waals surface area contributed by atoms with Gasteiger partial charge in [0.2, 0.25) is 5.91 Å². The molecule has 2 rings (SSSR count). The summed E-state index contributed by atoms with van der Waals surface area (Å²) in [5, 5.41) is 6.30. The van der Waals surface area contributed by atoms with Crippen LogP contribution >= 0.6 is 0 Å². The summed E-state index contributed by atoms with van der Waals surface area (Å²) in [6.45, 7) is 7.65. The first-order valence-corrected chi connectivity index (χ1v) is 8.43. The molecule has 2 aromatic carbocycles. The molecule has 2 N–H and O–H groups in total. The van der Waals surface area contributed by atoms with Gasteiger partial charge in [0, 0.05) is 17.8 Å². The molecule has 0 spiro atoms. The van der Waals surface area contributed by atoms with Crippen molar-refractivity contribution in [3.63, 3.8) is 0 Å². The molecule has 0 aliphatic heterocycles. The fraction of sp³-hybridized carbons (Fsp3) is 0.350. The third-order valence-electron chi connectivity index (χ3n) is 3.54. The topological polar surface area (TPSA) is 50.4 Å². The molecule has 0 fully saturated rings. The van der Waals surface area contributed by atoms with Gasteiger partial charge in [0.05, 0.1) is 12.5 Å². The summed E-state index contributed by atoms with van der Waals surface area (Å²) >= 11 is 0. The molecular weight excluding hydrogens is 300 g/mol. The molecule has 0 aromatic heterocycles. The Morgan fingerprint density at radius 2 is 1.71 bits per heavy atom. The summed E-state index contributed by atoms with van der Waals surface area (Å²) in [6.07, 6.45) is 0.369. The molecule has 128 valence electrons. The second kappa shape index (κ2) is 9.08. The maximum absolute atomic E-state index is 12.5. The van der Waals surface area contributed by atoms with Crippen LogP contribution in [0.25, 0.3) is 0 Å². The minimum absolute atomic E-state index is 0.0428. The number of hydrogen-bond acceptors (Lipinski definition) is 3. The minimum Gasteiger partial charge on any atom is -0.491 e. The number of benzene rings is 2. The van der Waals surface area contributed by atoms with Crippen molar-refractivity contribution in [1.29, 1.82) is 0 Å². The molecule has 0 heterocycles. The fourth-order valence-electron chi connectivity index (χ4n) is 2.44. The standard InChI is InChI=1S/C20H26N2O2/c1-4-21-14-17-10-5-7-11-18(17)22-20(23)13-16-9-6-8-12-19(16)24-15(2)3/h5-12,15,21H,4,13-14H2,1-3H3,(H,22,23). The molecule has 0 aliphatic carbocycles. The first-order valence-electron chi connectivity index (χ1n) is 8.43. The zero-order valence-corrected chi connectivity index (χ0v) is 14.6. The monoisotopic (exact) mass is 326 g/mol. The van der Waals surface area contributed by atoms with E-state index in [4.69, 9.17) is 4.74 Å². The van der Waals surface area contributed by atoms with Crippen molar-refractivity contribution in [1.82, 2.24) is 5.32 Å². The van der Waals surface area contributed by atoms with E-state index in [1.54, 1.807) is 0 Å². The summed E-state index contributed by atoms with van der Waals surface area (Å²) in [6, 6.07) is 15.5. The Kier molecular flexibility index (Phi) is 6.82. The van der Waals surface area contributed by atoms with E-state index in [1.807, 2.05) is 62.4 Å². The zero-order chi connectivity index (χ0) is 17.4. The molecule has 1 amide bonds. The molecule has 0 saturated carbocycles. The number of carbonyl (C=O) groups is 1. The Balaban J connectivity index is 2.07. The first kappa shape index (κ1) is 18.0. The van der Waals surface area contributed by atoms with Crippen LogP contribution in [0, 0.1) is 0 Å². The molecule has 4 nitrogen and oxygen atoms in total. The van der Waals surface area contributed by atoms with E-state index >= 15 is 0 Å². The Morgan fingerprint density at radius 3 is 2.42 bits per heavy atom. The van der Waals surface area contributed by atoms with Gasteiger partial charge in [-0.3, -0.25) is 4.79 Å². The third kappa shape index (κ3) is 5.39. The second-order valence-corrected chi connectivity index (χ2v) is 5.94. The van der Waals surface area contributed by atoms with Crippen LogP contribution in [0.15, 0.2) is 48.5 Å². The predicted molar refractivity (Wildman–Crippen MR) is 98.4 cm³/mol. The van der Waals surface area contributed by atoms with E-state index in [9.17, 15) is 4.79 Å². The third-order valence-corrected chi connectivity index (χ3v) is 3.54. The largest absolute Gasteiger partial charge is 0.491 e. The quantitative estimate of drug-likeness (QED) is 0.776. The number of rotatable bonds is 8. The lowest BCUT2D eigenvalue weighted by molar-refractivity contribution is -0.115. The average molecular weight is 326 g/mol. The highest BCUT2D eigenvalue weighted by Gasteiger charge is 2.11. The Hall–Kier alpha value is -2.33. The highest BCUT2D eigenvalue weighted by atomic mass is 16.5. The summed E-state index contributed by atoms with van der Waals surface area (Å²) in [5.74, 6) is 0.724. The second-order valence-electron chi connectivity index (χ2n) is 5.94. The Bertz CT molecular complexity index is 668. The Morgan fingerprint density at radius 1 is 1.04 bits per heavy atom. The first-order chi connectivity index (χ1) is 11.6. The van der Waals surface area contributed by atoms with E-state index in [1.165, 1.54) is 0 Å². The number of anilines is 1. The van der Waals surface area contributed by atoms with Crippen LogP contribution in [0.2, 0.25) is 0 Å². The van der Waals surface area contributed by atoms with Crippen molar-refractivity contribution < 1.29 is 9.53 Å². The van der Waals surface area contributed by atoms with Crippen molar-refractivity contribution >= 4 is 11.6 Å². The number of amides is 1. The fourth-order valence-corrected chi connectivity index (χ4v) is 2.44. The smallest absolute Gasteiger partial charge is 0.228 e. The number of ether oxygens (including phenoxy) is 1. The number of hydrogen-bond donors (Lipinski definition) is 2. The summed E-state index contributed by atoms with van der Waals surface area (Å²) in [7, 11) is 0. The molecule has 0 radical (unpaired) electrons. The van der Waals surface area contributed by atoms with E-state index in [-0.39, 0.29) is 12.0 Å². The van der Waals surface area contributed by atoms with Gasteiger partial charge < -0.3 is 15.4 Å². The lowest BCUT2D eigenvalue weighted by Gasteiger charge is -2.15. The molecule has 0 unspecified atom stereocenters. The number of carbonyl (C=O) groups excluding carboxylic acids is 1. The van der Waals surface area contributed by atoms with Crippen molar-refractivity contribution in [3.05, 3.63) is 59.7 Å². The highest BCUT2D eigenvalue weighted by Crippen LogP contribution is 2.21. The van der Waals surface area contributed by atoms with Crippen LogP contribution in [0.3, 0.4) is 0 Å². The molecule has 2 aromatic rings. The van der Waals surface area contributed by atoms with Crippen molar-refractivity contribution in [2.75, 3.05) is 11.9 Å². The summed E-state index contributed by atoms with van der Waals surface area (Å²) < 4.78 is 5.78. The lowest BCUT2D eigenvalue weighted by Crippen LogP contribution is -2.19. The molecule has 24 heavy (non-hydrogen) atoms. The highest BCUT2D eigenvalue weighted by molar-refractivity contribution is 5.93. The SMILES string of the molecule is CCNCc1ccccc1NC(=O)Cc1ccccc1OC(C)C. The van der Waals surface area contributed by atoms with Gasteiger partial charge in [-0.25, -0.2) is 0 Å². The molecule has 0 bridgehead atoms. The normalized spacial score (nSPS) is 10.7. The van der Waals surface area contributed by atoms with Crippen LogP contribution in [0.4, 0.5) is 5.69 Å². The predicted octanol–water partition coefficient (Wildman–Crippen LogP) is 3.76. The van der Waals surface area contributed by atoms with Crippen molar-refractivity contribution in [2.24, 2.45) is 0 Å². The van der Waals surface area contributed by atoms with E-state index in [0.29, 0.717) is 6.42 Å². The molecular formula is C20H26N2O2. The van der Waals surface area contributed by atoms with Gasteiger partial charge in [-0.05, 0) is 38.1 Å². The van der Waals surface area contributed by atoms with Gasteiger partial charge in [0.1, 0.15) is 5.75 Å². The maximum atomic E-state index is 12.5. The van der Waals surface area contributed by atoms with Crippen LogP contribution in [0.5, 0.6) is 5.75 Å². The van der Waals surface area contributed by atoms with E-state index < -0.39 is 0 Å². The van der Waals surface area contributed by atoms with Gasteiger partial charge in [-0.2, -0.15) is 0 Å². The van der Waals surface area contributed by atoms with Crippen molar-refractivity contribution in [3.8, 4) is 5.75 Å².